The average Bonchev–Trinajstić information content (AvgIpc) is 2.75. The van der Waals surface area contributed by atoms with Gasteiger partial charge in [-0.2, -0.15) is 0 Å². The van der Waals surface area contributed by atoms with Crippen LogP contribution < -0.4 is 11.1 Å². The Morgan fingerprint density at radius 1 is 1.33 bits per heavy atom. The predicted octanol–water partition coefficient (Wildman–Crippen LogP) is 1.73. The van der Waals surface area contributed by atoms with Gasteiger partial charge in [-0.15, -0.1) is 0 Å². The van der Waals surface area contributed by atoms with E-state index >= 15 is 0 Å². The summed E-state index contributed by atoms with van der Waals surface area (Å²) in [5, 5.41) is 10.2. The van der Waals surface area contributed by atoms with E-state index in [9.17, 15) is 0 Å². The van der Waals surface area contributed by atoms with Crippen molar-refractivity contribution in [3.8, 4) is 0 Å². The van der Waals surface area contributed by atoms with Crippen LogP contribution in [0.2, 0.25) is 0 Å². The molecule has 6 heteroatoms. The summed E-state index contributed by atoms with van der Waals surface area (Å²) in [6.45, 7) is 3.82. The molecule has 6 nitrogen and oxygen atoms in total. The third-order valence-electron chi connectivity index (χ3n) is 1.97. The van der Waals surface area contributed by atoms with Crippen molar-refractivity contribution in [1.82, 2.24) is 10.2 Å². The van der Waals surface area contributed by atoms with Gasteiger partial charge in [0.25, 0.3) is 0 Å². The highest BCUT2D eigenvalue weighted by Gasteiger charge is 2.12. The first-order valence-corrected chi connectivity index (χ1v) is 4.57. The van der Waals surface area contributed by atoms with Crippen LogP contribution in [-0.2, 0) is 0 Å². The molecule has 0 saturated heterocycles. The summed E-state index contributed by atoms with van der Waals surface area (Å²) in [4.78, 5) is 0. The zero-order chi connectivity index (χ0) is 10.8. The number of nitrogens with zero attached hydrogens (tertiary/aromatic N) is 2. The number of furan rings is 1. The number of hydrogen-bond acceptors (Lipinski definition) is 6. The molecule has 0 aliphatic heterocycles. The van der Waals surface area contributed by atoms with E-state index in [0.717, 1.165) is 11.5 Å². The van der Waals surface area contributed by atoms with Gasteiger partial charge in [-0.3, -0.25) is 0 Å². The lowest BCUT2D eigenvalue weighted by molar-refractivity contribution is 0.460. The second-order valence-electron chi connectivity index (χ2n) is 3.26. The third kappa shape index (κ3) is 2.09. The molecule has 1 unspecified atom stereocenters. The molecule has 0 bridgehead atoms. The maximum Gasteiger partial charge on any atom is 0.317 e. The second-order valence-corrected chi connectivity index (χ2v) is 3.26. The molecule has 80 valence electrons. The summed E-state index contributed by atoms with van der Waals surface area (Å²) in [6, 6.07) is 4.08. The molecule has 0 aliphatic carbocycles. The fourth-order valence-corrected chi connectivity index (χ4v) is 1.24. The number of nitrogens with one attached hydrogen (secondary N) is 1. The topological polar surface area (TPSA) is 90.1 Å². The molecule has 15 heavy (non-hydrogen) atoms. The van der Waals surface area contributed by atoms with Crippen molar-refractivity contribution in [2.45, 2.75) is 19.9 Å². The van der Waals surface area contributed by atoms with E-state index in [2.05, 4.69) is 15.5 Å². The highest BCUT2D eigenvalue weighted by atomic mass is 16.4. The number of rotatable bonds is 3. The normalized spacial score (nSPS) is 12.7. The zero-order valence-corrected chi connectivity index (χ0v) is 8.52. The Balaban J connectivity index is 2.06. The lowest BCUT2D eigenvalue weighted by Gasteiger charge is -2.07. The van der Waals surface area contributed by atoms with Crippen molar-refractivity contribution in [2.24, 2.45) is 0 Å². The smallest absolute Gasteiger partial charge is 0.317 e. The van der Waals surface area contributed by atoms with Crippen LogP contribution in [0.25, 0.3) is 0 Å². The summed E-state index contributed by atoms with van der Waals surface area (Å²) in [6.07, 6.45) is 0. The van der Waals surface area contributed by atoms with Gasteiger partial charge >= 0.3 is 12.0 Å². The molecule has 0 radical (unpaired) electrons. The molecular weight excluding hydrogens is 196 g/mol. The Labute approximate surface area is 86.5 Å². The van der Waals surface area contributed by atoms with Gasteiger partial charge in [0, 0.05) is 0 Å². The Bertz CT molecular complexity index is 448. The largest absolute Gasteiger partial charge is 0.464 e. The molecule has 2 aromatic heterocycles. The number of nitrogen functional groups attached to an aromatic ring is 1. The first-order chi connectivity index (χ1) is 7.15. The van der Waals surface area contributed by atoms with Crippen LogP contribution in [0.1, 0.15) is 24.5 Å². The average molecular weight is 208 g/mol. The van der Waals surface area contributed by atoms with Crippen LogP contribution in [0, 0.1) is 6.92 Å². The first-order valence-electron chi connectivity index (χ1n) is 4.57. The molecular formula is C9H12N4O2. The maximum absolute atomic E-state index is 5.44. The van der Waals surface area contributed by atoms with Crippen LogP contribution in [0.5, 0.6) is 0 Å². The summed E-state index contributed by atoms with van der Waals surface area (Å²) in [5.74, 6) is 1.67. The van der Waals surface area contributed by atoms with E-state index in [0.29, 0.717) is 0 Å². The summed E-state index contributed by atoms with van der Waals surface area (Å²) >= 11 is 0. The molecule has 0 amide bonds. The van der Waals surface area contributed by atoms with Crippen LogP contribution >= 0.6 is 0 Å². The lowest BCUT2D eigenvalue weighted by atomic mass is 10.2. The van der Waals surface area contributed by atoms with Crippen molar-refractivity contribution in [1.29, 1.82) is 0 Å². The minimum Gasteiger partial charge on any atom is -0.464 e. The lowest BCUT2D eigenvalue weighted by Crippen LogP contribution is -2.05. The number of hydrogen-bond donors (Lipinski definition) is 2. The standard InChI is InChI=1S/C9H12N4O2/c1-5-3-4-7(14-5)6(2)11-9-13-12-8(10)15-9/h3-4,6H,1-2H3,(H2,10,12)(H,11,13). The molecule has 0 fully saturated rings. The van der Waals surface area contributed by atoms with E-state index in [1.807, 2.05) is 26.0 Å². The first kappa shape index (κ1) is 9.57. The van der Waals surface area contributed by atoms with Gasteiger partial charge in [-0.1, -0.05) is 10.2 Å². The Morgan fingerprint density at radius 2 is 2.13 bits per heavy atom. The molecule has 0 aromatic carbocycles. The predicted molar refractivity (Wildman–Crippen MR) is 54.2 cm³/mol. The number of anilines is 2. The fourth-order valence-electron chi connectivity index (χ4n) is 1.24. The second kappa shape index (κ2) is 3.64. The van der Waals surface area contributed by atoms with Crippen LogP contribution in [0.15, 0.2) is 21.0 Å². The van der Waals surface area contributed by atoms with Gasteiger partial charge < -0.3 is 19.9 Å². The minimum atomic E-state index is -0.0430. The molecule has 0 spiro atoms. The van der Waals surface area contributed by atoms with Gasteiger partial charge in [-0.05, 0) is 26.0 Å². The number of aryl methyl sites for hydroxylation is 1. The fraction of sp³-hybridized carbons (Fsp3) is 0.333. The number of nitrogens with two attached hydrogens (primary N) is 1. The van der Waals surface area contributed by atoms with E-state index in [1.165, 1.54) is 0 Å². The highest BCUT2D eigenvalue weighted by molar-refractivity contribution is 5.26. The SMILES string of the molecule is Cc1ccc(C(C)Nc2nnc(N)o2)o1. The van der Waals surface area contributed by atoms with Crippen molar-refractivity contribution in [2.75, 3.05) is 11.1 Å². The van der Waals surface area contributed by atoms with Gasteiger partial charge in [0.1, 0.15) is 11.5 Å². The zero-order valence-electron chi connectivity index (χ0n) is 8.52. The summed E-state index contributed by atoms with van der Waals surface area (Å²) < 4.78 is 10.4. The van der Waals surface area contributed by atoms with E-state index in [-0.39, 0.29) is 18.1 Å². The Morgan fingerprint density at radius 3 is 2.67 bits per heavy atom. The third-order valence-corrected chi connectivity index (χ3v) is 1.97. The molecule has 0 aliphatic rings. The van der Waals surface area contributed by atoms with Gasteiger partial charge in [-0.25, -0.2) is 0 Å². The van der Waals surface area contributed by atoms with E-state index in [1.54, 1.807) is 0 Å². The van der Waals surface area contributed by atoms with E-state index < -0.39 is 0 Å². The monoisotopic (exact) mass is 208 g/mol. The summed E-state index contributed by atoms with van der Waals surface area (Å²) in [5.41, 5.74) is 5.29. The highest BCUT2D eigenvalue weighted by Crippen LogP contribution is 2.20. The van der Waals surface area contributed by atoms with Gasteiger partial charge in [0.2, 0.25) is 0 Å². The number of aromatic nitrogens is 2. The molecule has 3 N–H and O–H groups in total. The van der Waals surface area contributed by atoms with Crippen molar-refractivity contribution < 1.29 is 8.83 Å². The molecule has 2 heterocycles. The van der Waals surface area contributed by atoms with Gasteiger partial charge in [0.15, 0.2) is 0 Å². The van der Waals surface area contributed by atoms with E-state index in [4.69, 9.17) is 14.6 Å². The minimum absolute atomic E-state index is 0.0420. The Hall–Kier alpha value is -1.98. The molecule has 1 atom stereocenters. The van der Waals surface area contributed by atoms with Crippen LogP contribution in [0.3, 0.4) is 0 Å². The maximum atomic E-state index is 5.44. The van der Waals surface area contributed by atoms with Gasteiger partial charge in [0.05, 0.1) is 6.04 Å². The molecule has 2 aromatic rings. The van der Waals surface area contributed by atoms with Crippen molar-refractivity contribution in [3.05, 3.63) is 23.7 Å². The van der Waals surface area contributed by atoms with Crippen LogP contribution in [-0.4, -0.2) is 10.2 Å². The van der Waals surface area contributed by atoms with Crippen LogP contribution in [0.4, 0.5) is 12.0 Å². The van der Waals surface area contributed by atoms with Crippen molar-refractivity contribution in [3.63, 3.8) is 0 Å². The Kier molecular flexibility index (Phi) is 2.32. The quantitative estimate of drug-likeness (QED) is 0.798. The van der Waals surface area contributed by atoms with Crippen molar-refractivity contribution >= 4 is 12.0 Å². The molecule has 2 rings (SSSR count). The summed E-state index contributed by atoms with van der Waals surface area (Å²) in [7, 11) is 0. The molecule has 0 saturated carbocycles.